The van der Waals surface area contributed by atoms with Crippen molar-refractivity contribution in [3.8, 4) is 0 Å². The molecule has 0 unspecified atom stereocenters. The van der Waals surface area contributed by atoms with Gasteiger partial charge in [0, 0.05) is 17.0 Å². The van der Waals surface area contributed by atoms with Crippen molar-refractivity contribution in [2.24, 2.45) is 0 Å². The number of anilines is 1. The van der Waals surface area contributed by atoms with E-state index in [4.69, 9.17) is 11.6 Å². The molecule has 1 aromatic carbocycles. The number of halogens is 1. The van der Waals surface area contributed by atoms with Crippen molar-refractivity contribution in [3.05, 3.63) is 39.4 Å². The molecule has 28 heavy (non-hydrogen) atoms. The number of aryl methyl sites for hydroxylation is 1. The lowest BCUT2D eigenvalue weighted by molar-refractivity contribution is 0.118. The van der Waals surface area contributed by atoms with Gasteiger partial charge in [0.05, 0.1) is 0 Å². The van der Waals surface area contributed by atoms with Crippen LogP contribution in [0.4, 0.5) is 9.93 Å². The fourth-order valence-electron chi connectivity index (χ4n) is 3.25. The summed E-state index contributed by atoms with van der Waals surface area (Å²) in [5, 5.41) is 21.5. The van der Waals surface area contributed by atoms with Crippen molar-refractivity contribution in [3.63, 3.8) is 0 Å². The third kappa shape index (κ3) is 3.88. The number of nitrogens with zero attached hydrogens (tertiary/aromatic N) is 4. The number of carbonyl (C=O) groups is 1. The lowest BCUT2D eigenvalue weighted by atomic mass is 9.98. The van der Waals surface area contributed by atoms with Gasteiger partial charge in [0.1, 0.15) is 11.0 Å². The van der Waals surface area contributed by atoms with Crippen molar-refractivity contribution >= 4 is 34.1 Å². The molecule has 8 heteroatoms. The average Bonchev–Trinajstić information content (AvgIpc) is 3.19. The van der Waals surface area contributed by atoms with Crippen LogP contribution in [0.1, 0.15) is 62.7 Å². The summed E-state index contributed by atoms with van der Waals surface area (Å²) in [6.45, 7) is 10.7. The van der Waals surface area contributed by atoms with E-state index in [-0.39, 0.29) is 11.4 Å². The van der Waals surface area contributed by atoms with Gasteiger partial charge in [-0.05, 0) is 30.5 Å². The lowest BCUT2D eigenvalue weighted by Crippen LogP contribution is -2.35. The molecule has 0 bridgehead atoms. The van der Waals surface area contributed by atoms with E-state index in [1.54, 1.807) is 4.90 Å². The predicted molar refractivity (Wildman–Crippen MR) is 113 cm³/mol. The Balaban J connectivity index is 2.00. The van der Waals surface area contributed by atoms with Crippen LogP contribution in [0.3, 0.4) is 0 Å². The van der Waals surface area contributed by atoms with Crippen molar-refractivity contribution in [2.75, 3.05) is 11.4 Å². The van der Waals surface area contributed by atoms with Crippen molar-refractivity contribution in [1.82, 2.24) is 15.1 Å². The lowest BCUT2D eigenvalue weighted by Gasteiger charge is -2.25. The van der Waals surface area contributed by atoms with Crippen LogP contribution in [0.25, 0.3) is 0 Å². The molecule has 1 saturated heterocycles. The summed E-state index contributed by atoms with van der Waals surface area (Å²) in [4.78, 5) is 16.3. The summed E-state index contributed by atoms with van der Waals surface area (Å²) in [6, 6.07) is 4.91. The van der Waals surface area contributed by atoms with E-state index >= 15 is 0 Å². The average molecular weight is 423 g/mol. The summed E-state index contributed by atoms with van der Waals surface area (Å²) < 4.78 is 0. The van der Waals surface area contributed by atoms with Crippen LogP contribution in [0.5, 0.6) is 0 Å². The number of aliphatic hydroxyl groups is 1. The topological polar surface area (TPSA) is 69.6 Å². The minimum Gasteiger partial charge on any atom is -0.370 e. The molecule has 1 fully saturated rings. The van der Waals surface area contributed by atoms with Crippen LogP contribution in [0.15, 0.2) is 18.2 Å². The van der Waals surface area contributed by atoms with Gasteiger partial charge in [-0.25, -0.2) is 9.69 Å². The fraction of sp³-hybridized carbons (Fsp3) is 0.550. The smallest absolute Gasteiger partial charge is 0.329 e. The van der Waals surface area contributed by atoms with Gasteiger partial charge in [0.25, 0.3) is 0 Å². The molecule has 2 amide bonds. The van der Waals surface area contributed by atoms with Gasteiger partial charge >= 0.3 is 6.03 Å². The molecule has 152 valence electrons. The van der Waals surface area contributed by atoms with E-state index < -0.39 is 12.3 Å². The fourth-order valence-corrected chi connectivity index (χ4v) is 4.30. The Labute approximate surface area is 175 Å². The van der Waals surface area contributed by atoms with Crippen molar-refractivity contribution < 1.29 is 9.90 Å². The highest BCUT2D eigenvalue weighted by Gasteiger charge is 2.47. The summed E-state index contributed by atoms with van der Waals surface area (Å²) in [5.74, 6) is 0. The molecule has 0 radical (unpaired) electrons. The quantitative estimate of drug-likeness (QED) is 0.743. The van der Waals surface area contributed by atoms with Crippen LogP contribution in [0, 0.1) is 6.92 Å². The van der Waals surface area contributed by atoms with Crippen LogP contribution in [-0.2, 0) is 5.41 Å². The predicted octanol–water partition coefficient (Wildman–Crippen LogP) is 4.90. The maximum atomic E-state index is 13.2. The SMILES string of the molecule is CCCCN1C(=O)N(c2nnc(C(C)(C)C)s2)[C@@H](O)[C@@H]1c1ccc(Cl)c(C)c1. The number of carbonyl (C=O) groups excluding carboxylic acids is 1. The largest absolute Gasteiger partial charge is 0.370 e. The third-order valence-electron chi connectivity index (χ3n) is 4.87. The first kappa shape index (κ1) is 21.0. The number of unbranched alkanes of at least 4 members (excludes halogenated alkanes) is 1. The van der Waals surface area contributed by atoms with Crippen LogP contribution >= 0.6 is 22.9 Å². The molecule has 2 aromatic rings. The van der Waals surface area contributed by atoms with Crippen molar-refractivity contribution in [1.29, 1.82) is 0 Å². The summed E-state index contributed by atoms with van der Waals surface area (Å²) >= 11 is 7.52. The standard InChI is InChI=1S/C20H27ClN4O2S/c1-6-7-10-24-15(13-8-9-14(21)12(2)11-13)16(26)25(19(24)27)18-23-22-17(28-18)20(3,4)5/h8-9,11,15-16,26H,6-7,10H2,1-5H3/t15-,16-/m0/s1. The molecule has 1 aliphatic rings. The number of aliphatic hydroxyl groups excluding tert-OH is 1. The minimum absolute atomic E-state index is 0.168. The molecular weight excluding hydrogens is 396 g/mol. The second kappa shape index (κ2) is 7.97. The molecule has 0 saturated carbocycles. The zero-order valence-electron chi connectivity index (χ0n) is 16.9. The number of hydrogen-bond acceptors (Lipinski definition) is 5. The number of amides is 2. The van der Waals surface area contributed by atoms with Gasteiger partial charge in [-0.2, -0.15) is 0 Å². The Morgan fingerprint density at radius 1 is 1.29 bits per heavy atom. The molecule has 1 aliphatic heterocycles. The van der Waals surface area contributed by atoms with Gasteiger partial charge in [0.15, 0.2) is 6.23 Å². The number of rotatable bonds is 5. The second-order valence-corrected chi connectivity index (χ2v) is 9.57. The minimum atomic E-state index is -1.04. The Morgan fingerprint density at radius 2 is 2.00 bits per heavy atom. The van der Waals surface area contributed by atoms with E-state index in [1.165, 1.54) is 16.2 Å². The summed E-state index contributed by atoms with van der Waals surface area (Å²) in [7, 11) is 0. The van der Waals surface area contributed by atoms with E-state index in [9.17, 15) is 9.90 Å². The van der Waals surface area contributed by atoms with Crippen LogP contribution in [-0.4, -0.2) is 39.0 Å². The van der Waals surface area contributed by atoms with Crippen LogP contribution in [0.2, 0.25) is 5.02 Å². The van der Waals surface area contributed by atoms with Gasteiger partial charge in [0.2, 0.25) is 5.13 Å². The molecule has 0 spiro atoms. The Morgan fingerprint density at radius 3 is 2.57 bits per heavy atom. The maximum absolute atomic E-state index is 13.2. The Hall–Kier alpha value is -1.70. The highest BCUT2D eigenvalue weighted by atomic mass is 35.5. The normalized spacial score (nSPS) is 20.3. The van der Waals surface area contributed by atoms with Gasteiger partial charge in [-0.1, -0.05) is 69.2 Å². The molecule has 2 heterocycles. The summed E-state index contributed by atoms with van der Waals surface area (Å²) in [6.07, 6.45) is 0.781. The molecule has 0 aliphatic carbocycles. The molecule has 1 aromatic heterocycles. The highest BCUT2D eigenvalue weighted by Crippen LogP contribution is 2.40. The van der Waals surface area contributed by atoms with Gasteiger partial charge < -0.3 is 10.0 Å². The highest BCUT2D eigenvalue weighted by molar-refractivity contribution is 7.15. The number of urea groups is 1. The molecule has 2 atom stereocenters. The zero-order valence-corrected chi connectivity index (χ0v) is 18.5. The molecule has 3 rings (SSSR count). The first-order chi connectivity index (χ1) is 13.1. The van der Waals surface area contributed by atoms with Gasteiger partial charge in [-0.3, -0.25) is 0 Å². The number of hydrogen-bond donors (Lipinski definition) is 1. The maximum Gasteiger partial charge on any atom is 0.329 e. The van der Waals surface area contributed by atoms with Crippen molar-refractivity contribution in [2.45, 2.75) is 65.1 Å². The molecule has 6 nitrogen and oxygen atoms in total. The first-order valence-electron chi connectivity index (χ1n) is 9.53. The first-order valence-corrected chi connectivity index (χ1v) is 10.7. The van der Waals surface area contributed by atoms with E-state index in [1.807, 2.05) is 45.9 Å². The van der Waals surface area contributed by atoms with Gasteiger partial charge in [-0.15, -0.1) is 10.2 Å². The number of benzene rings is 1. The Kier molecular flexibility index (Phi) is 5.98. The molecular formula is C20H27ClN4O2S. The zero-order chi connectivity index (χ0) is 20.6. The second-order valence-electron chi connectivity index (χ2n) is 8.21. The molecule has 1 N–H and O–H groups in total. The van der Waals surface area contributed by atoms with E-state index in [2.05, 4.69) is 17.1 Å². The van der Waals surface area contributed by atoms with E-state index in [0.717, 1.165) is 29.0 Å². The van der Waals surface area contributed by atoms with Crippen LogP contribution < -0.4 is 4.90 Å². The monoisotopic (exact) mass is 422 g/mol. The number of aromatic nitrogens is 2. The van der Waals surface area contributed by atoms with E-state index in [0.29, 0.717) is 16.7 Å². The third-order valence-corrected chi connectivity index (χ3v) is 6.64. The Bertz CT molecular complexity index is 864. The summed E-state index contributed by atoms with van der Waals surface area (Å²) in [5.41, 5.74) is 1.61.